The van der Waals surface area contributed by atoms with Gasteiger partial charge in [-0.05, 0) is 25.0 Å². The van der Waals surface area contributed by atoms with Crippen molar-refractivity contribution in [3.63, 3.8) is 0 Å². The third kappa shape index (κ3) is 5.16. The molecule has 8 heteroatoms. The topological polar surface area (TPSA) is 71.6 Å². The van der Waals surface area contributed by atoms with Gasteiger partial charge < -0.3 is 24.0 Å². The van der Waals surface area contributed by atoms with E-state index in [0.29, 0.717) is 55.5 Å². The number of benzene rings is 1. The Morgan fingerprint density at radius 1 is 0.867 bits per heavy atom. The second-order valence-electron chi connectivity index (χ2n) is 7.32. The summed E-state index contributed by atoms with van der Waals surface area (Å²) in [6.45, 7) is 4.65. The first-order chi connectivity index (χ1) is 14.5. The summed E-state index contributed by atoms with van der Waals surface area (Å²) in [5.74, 6) is 7.02. The molecule has 0 aliphatic carbocycles. The molecule has 0 atom stereocenters. The van der Waals surface area contributed by atoms with E-state index in [1.165, 1.54) is 21.3 Å². The van der Waals surface area contributed by atoms with Crippen LogP contribution in [0.5, 0.6) is 17.2 Å². The molecule has 0 unspecified atom stereocenters. The minimum Gasteiger partial charge on any atom is -0.493 e. The third-order valence-electron chi connectivity index (χ3n) is 5.46. The van der Waals surface area contributed by atoms with Crippen LogP contribution in [0.3, 0.4) is 0 Å². The smallest absolute Gasteiger partial charge is 0.298 e. The molecule has 1 aromatic rings. The molecule has 8 nitrogen and oxygen atoms in total. The number of nitrogens with zero attached hydrogens (tertiary/aromatic N) is 3. The number of amides is 2. The lowest BCUT2D eigenvalue weighted by atomic mass is 10.2. The van der Waals surface area contributed by atoms with Gasteiger partial charge in [0.05, 0.1) is 27.9 Å². The van der Waals surface area contributed by atoms with Gasteiger partial charge in [-0.15, -0.1) is 0 Å². The Bertz CT molecular complexity index is 806. The molecule has 3 rings (SSSR count). The fraction of sp³-hybridized carbons (Fsp3) is 0.545. The average molecular weight is 415 g/mol. The van der Waals surface area contributed by atoms with Crippen molar-refractivity contribution in [3.8, 4) is 29.1 Å². The number of carbonyl (C=O) groups excluding carboxylic acids is 2. The van der Waals surface area contributed by atoms with Gasteiger partial charge in [0, 0.05) is 50.8 Å². The highest BCUT2D eigenvalue weighted by molar-refractivity contribution is 5.94. The van der Waals surface area contributed by atoms with E-state index in [0.717, 1.165) is 25.9 Å². The van der Waals surface area contributed by atoms with E-state index in [4.69, 9.17) is 14.2 Å². The lowest BCUT2D eigenvalue weighted by Crippen LogP contribution is -2.51. The van der Waals surface area contributed by atoms with Crippen molar-refractivity contribution in [1.29, 1.82) is 0 Å². The van der Waals surface area contributed by atoms with Crippen LogP contribution in [0.1, 0.15) is 18.4 Å². The number of ether oxygens (including phenoxy) is 3. The summed E-state index contributed by atoms with van der Waals surface area (Å²) in [7, 11) is 4.61. The molecule has 1 aromatic carbocycles. The minimum atomic E-state index is -0.228. The molecule has 2 amide bonds. The summed E-state index contributed by atoms with van der Waals surface area (Å²) in [5, 5.41) is 0. The van der Waals surface area contributed by atoms with Gasteiger partial charge in [-0.3, -0.25) is 14.5 Å². The maximum Gasteiger partial charge on any atom is 0.298 e. The molecule has 2 aliphatic rings. The van der Waals surface area contributed by atoms with Gasteiger partial charge >= 0.3 is 0 Å². The molecule has 0 spiro atoms. The first-order valence-corrected chi connectivity index (χ1v) is 10.2. The van der Waals surface area contributed by atoms with Crippen LogP contribution in [0.4, 0.5) is 0 Å². The predicted octanol–water partition coefficient (Wildman–Crippen LogP) is 0.831. The lowest BCUT2D eigenvalue weighted by molar-refractivity contribution is -0.132. The van der Waals surface area contributed by atoms with E-state index >= 15 is 0 Å². The number of hydrogen-bond acceptors (Lipinski definition) is 6. The summed E-state index contributed by atoms with van der Waals surface area (Å²) < 4.78 is 15.9. The highest BCUT2D eigenvalue weighted by Gasteiger charge is 2.24. The van der Waals surface area contributed by atoms with Gasteiger partial charge in [-0.2, -0.15) is 0 Å². The fourth-order valence-electron chi connectivity index (χ4n) is 3.72. The maximum atomic E-state index is 12.5. The highest BCUT2D eigenvalue weighted by atomic mass is 16.5. The van der Waals surface area contributed by atoms with E-state index in [2.05, 4.69) is 16.7 Å². The number of rotatable bonds is 5. The Morgan fingerprint density at radius 2 is 1.47 bits per heavy atom. The Labute approximate surface area is 177 Å². The van der Waals surface area contributed by atoms with E-state index in [9.17, 15) is 9.59 Å². The second-order valence-corrected chi connectivity index (χ2v) is 7.32. The largest absolute Gasteiger partial charge is 0.493 e. The number of methoxy groups -OCH3 is 3. The summed E-state index contributed by atoms with van der Waals surface area (Å²) >= 11 is 0. The monoisotopic (exact) mass is 415 g/mol. The van der Waals surface area contributed by atoms with Crippen molar-refractivity contribution >= 4 is 11.8 Å². The number of piperazine rings is 1. The van der Waals surface area contributed by atoms with Crippen molar-refractivity contribution in [1.82, 2.24) is 14.7 Å². The zero-order chi connectivity index (χ0) is 21.5. The Morgan fingerprint density at radius 3 is 2.00 bits per heavy atom. The summed E-state index contributed by atoms with van der Waals surface area (Å²) in [5.41, 5.74) is 0.604. The zero-order valence-electron chi connectivity index (χ0n) is 17.9. The second kappa shape index (κ2) is 10.2. The molecule has 0 N–H and O–H groups in total. The molecular weight excluding hydrogens is 386 g/mol. The fourth-order valence-corrected chi connectivity index (χ4v) is 3.72. The third-order valence-corrected chi connectivity index (χ3v) is 5.46. The molecule has 2 saturated heterocycles. The van der Waals surface area contributed by atoms with Crippen LogP contribution in [-0.4, -0.2) is 93.7 Å². The summed E-state index contributed by atoms with van der Waals surface area (Å²) in [6, 6.07) is 3.42. The number of likely N-dealkylation sites (tertiary alicyclic amines) is 1. The van der Waals surface area contributed by atoms with Gasteiger partial charge in [0.1, 0.15) is 0 Å². The molecule has 162 valence electrons. The van der Waals surface area contributed by atoms with Gasteiger partial charge in [0.25, 0.3) is 5.91 Å². The van der Waals surface area contributed by atoms with Crippen molar-refractivity contribution in [3.05, 3.63) is 17.7 Å². The molecule has 0 saturated carbocycles. The highest BCUT2D eigenvalue weighted by Crippen LogP contribution is 2.37. The minimum absolute atomic E-state index is 0.189. The van der Waals surface area contributed by atoms with Crippen LogP contribution in [0.2, 0.25) is 0 Å². The molecule has 2 fully saturated rings. The Kier molecular flexibility index (Phi) is 7.41. The van der Waals surface area contributed by atoms with Crippen LogP contribution in [0, 0.1) is 11.8 Å². The standard InChI is InChI=1S/C22H29N3O5/c1-28-18-14-17(15-19(29-2)22(18)30-3)6-7-20(26)25-12-10-23(11-13-25)16-21(27)24-8-4-5-9-24/h14-15H,4-5,8-13,16H2,1-3H3. The van der Waals surface area contributed by atoms with E-state index in [1.54, 1.807) is 17.0 Å². The van der Waals surface area contributed by atoms with E-state index < -0.39 is 0 Å². The maximum absolute atomic E-state index is 12.5. The quantitative estimate of drug-likeness (QED) is 0.664. The molecule has 0 radical (unpaired) electrons. The summed E-state index contributed by atoms with van der Waals surface area (Å²) in [6.07, 6.45) is 2.19. The van der Waals surface area contributed by atoms with Crippen molar-refractivity contribution in [2.45, 2.75) is 12.8 Å². The van der Waals surface area contributed by atoms with Crippen molar-refractivity contribution in [2.75, 3.05) is 67.1 Å². The van der Waals surface area contributed by atoms with E-state index in [1.807, 2.05) is 4.90 Å². The Hall–Kier alpha value is -2.92. The number of hydrogen-bond donors (Lipinski definition) is 0. The normalized spacial score (nSPS) is 16.6. The molecule has 0 bridgehead atoms. The van der Waals surface area contributed by atoms with E-state index in [-0.39, 0.29) is 11.8 Å². The first kappa shape index (κ1) is 21.8. The SMILES string of the molecule is COc1cc(C#CC(=O)N2CCN(CC(=O)N3CCCC3)CC2)cc(OC)c1OC. The number of carbonyl (C=O) groups is 2. The van der Waals surface area contributed by atoms with Gasteiger partial charge in [0.15, 0.2) is 11.5 Å². The molecule has 2 aliphatic heterocycles. The van der Waals surface area contributed by atoms with Crippen LogP contribution in [0.15, 0.2) is 12.1 Å². The average Bonchev–Trinajstić information content (AvgIpc) is 3.32. The first-order valence-electron chi connectivity index (χ1n) is 10.2. The lowest BCUT2D eigenvalue weighted by Gasteiger charge is -2.34. The van der Waals surface area contributed by atoms with Gasteiger partial charge in [-0.25, -0.2) is 0 Å². The Balaban J connectivity index is 1.56. The van der Waals surface area contributed by atoms with Crippen molar-refractivity contribution in [2.24, 2.45) is 0 Å². The zero-order valence-corrected chi connectivity index (χ0v) is 17.9. The van der Waals surface area contributed by atoms with Gasteiger partial charge in [0.2, 0.25) is 11.7 Å². The summed E-state index contributed by atoms with van der Waals surface area (Å²) in [4.78, 5) is 30.6. The predicted molar refractivity (Wildman–Crippen MR) is 112 cm³/mol. The van der Waals surface area contributed by atoms with Crippen LogP contribution in [-0.2, 0) is 9.59 Å². The van der Waals surface area contributed by atoms with Crippen LogP contribution in [0.25, 0.3) is 0 Å². The van der Waals surface area contributed by atoms with Crippen LogP contribution < -0.4 is 14.2 Å². The molecule has 0 aromatic heterocycles. The van der Waals surface area contributed by atoms with Gasteiger partial charge in [-0.1, -0.05) is 5.92 Å². The molecular formula is C22H29N3O5. The van der Waals surface area contributed by atoms with Crippen LogP contribution >= 0.6 is 0 Å². The molecule has 30 heavy (non-hydrogen) atoms. The molecule has 2 heterocycles. The van der Waals surface area contributed by atoms with Crippen molar-refractivity contribution < 1.29 is 23.8 Å².